The topological polar surface area (TPSA) is 46.4 Å². The molecule has 2 heterocycles. The molecule has 0 spiro atoms. The summed E-state index contributed by atoms with van der Waals surface area (Å²) < 4.78 is 2.83. The molecule has 0 radical (unpaired) electrons. The van der Waals surface area contributed by atoms with Crippen molar-refractivity contribution in [1.29, 1.82) is 0 Å². The quantitative estimate of drug-likeness (QED) is 0.791. The van der Waals surface area contributed by atoms with Gasteiger partial charge in [-0.3, -0.25) is 4.79 Å². The summed E-state index contributed by atoms with van der Waals surface area (Å²) in [4.78, 5) is 16.5. The molecule has 2 aromatic heterocycles. The van der Waals surface area contributed by atoms with Gasteiger partial charge >= 0.3 is 0 Å². The molecule has 0 aliphatic rings. The fourth-order valence-corrected chi connectivity index (χ4v) is 2.68. The highest BCUT2D eigenvalue weighted by Gasteiger charge is 2.09. The number of carbonyl (C=O) groups excluding carboxylic acids is 1. The minimum absolute atomic E-state index is 0.0802. The summed E-state index contributed by atoms with van der Waals surface area (Å²) in [5.41, 5.74) is 1.70. The van der Waals surface area contributed by atoms with Gasteiger partial charge in [-0.15, -0.1) is 0 Å². The van der Waals surface area contributed by atoms with Crippen molar-refractivity contribution < 1.29 is 4.79 Å². The Kier molecular flexibility index (Phi) is 4.01. The molecular formula is C16H14BrN3O. The van der Waals surface area contributed by atoms with Crippen LogP contribution in [0.1, 0.15) is 16.2 Å². The van der Waals surface area contributed by atoms with Crippen LogP contribution >= 0.6 is 15.9 Å². The van der Waals surface area contributed by atoms with Gasteiger partial charge in [0, 0.05) is 23.6 Å². The maximum Gasteiger partial charge on any atom is 0.252 e. The standard InChI is InChI=1S/C16H14BrN3O/c17-14-7-2-1-6-13(14)16(21)18-9-8-15-19-11-12-5-3-4-10-20(12)15/h1-7,10-11H,8-9H2,(H,18,21). The Labute approximate surface area is 131 Å². The molecular weight excluding hydrogens is 330 g/mol. The van der Waals surface area contributed by atoms with Crippen LogP contribution in [-0.4, -0.2) is 21.8 Å². The van der Waals surface area contributed by atoms with Crippen molar-refractivity contribution >= 4 is 27.4 Å². The minimum Gasteiger partial charge on any atom is -0.352 e. The van der Waals surface area contributed by atoms with Crippen LogP contribution in [0.2, 0.25) is 0 Å². The molecule has 1 aromatic carbocycles. The summed E-state index contributed by atoms with van der Waals surface area (Å²) in [6, 6.07) is 13.4. The molecule has 0 saturated heterocycles. The Hall–Kier alpha value is -2.14. The third kappa shape index (κ3) is 2.97. The van der Waals surface area contributed by atoms with E-state index >= 15 is 0 Å². The van der Waals surface area contributed by atoms with Gasteiger partial charge in [0.1, 0.15) is 5.82 Å². The minimum atomic E-state index is -0.0802. The SMILES string of the molecule is O=C(NCCc1ncc2ccccn12)c1ccccc1Br. The van der Waals surface area contributed by atoms with Gasteiger partial charge in [0.2, 0.25) is 0 Å². The summed E-state index contributed by atoms with van der Waals surface area (Å²) in [5, 5.41) is 2.92. The van der Waals surface area contributed by atoms with Crippen molar-refractivity contribution in [1.82, 2.24) is 14.7 Å². The largest absolute Gasteiger partial charge is 0.352 e. The van der Waals surface area contributed by atoms with E-state index in [9.17, 15) is 4.79 Å². The molecule has 0 aliphatic carbocycles. The molecule has 0 aliphatic heterocycles. The molecule has 21 heavy (non-hydrogen) atoms. The highest BCUT2D eigenvalue weighted by atomic mass is 79.9. The molecule has 3 aromatic rings. The first-order chi connectivity index (χ1) is 10.3. The van der Waals surface area contributed by atoms with Crippen molar-refractivity contribution in [2.45, 2.75) is 6.42 Å². The Balaban J connectivity index is 1.64. The Morgan fingerprint density at radius 1 is 1.19 bits per heavy atom. The van der Waals surface area contributed by atoms with Gasteiger partial charge in [-0.1, -0.05) is 18.2 Å². The predicted octanol–water partition coefficient (Wildman–Crippen LogP) is 3.07. The third-order valence-electron chi connectivity index (χ3n) is 3.27. The second-order valence-electron chi connectivity index (χ2n) is 4.66. The molecule has 0 atom stereocenters. The first-order valence-corrected chi connectivity index (χ1v) is 7.49. The number of rotatable bonds is 4. The van der Waals surface area contributed by atoms with Gasteiger partial charge in [-0.05, 0) is 40.2 Å². The molecule has 0 bridgehead atoms. The first-order valence-electron chi connectivity index (χ1n) is 6.69. The number of nitrogens with zero attached hydrogens (tertiary/aromatic N) is 2. The van der Waals surface area contributed by atoms with Crippen molar-refractivity contribution in [2.75, 3.05) is 6.54 Å². The average Bonchev–Trinajstić information content (AvgIpc) is 2.91. The molecule has 0 unspecified atom stereocenters. The highest BCUT2D eigenvalue weighted by molar-refractivity contribution is 9.10. The van der Waals surface area contributed by atoms with Gasteiger partial charge < -0.3 is 9.72 Å². The molecule has 4 nitrogen and oxygen atoms in total. The van der Waals surface area contributed by atoms with Crippen LogP contribution in [0.4, 0.5) is 0 Å². The van der Waals surface area contributed by atoms with Gasteiger partial charge in [0.25, 0.3) is 5.91 Å². The van der Waals surface area contributed by atoms with Crippen LogP contribution < -0.4 is 5.32 Å². The molecule has 3 rings (SSSR count). The maximum atomic E-state index is 12.1. The molecule has 0 saturated carbocycles. The lowest BCUT2D eigenvalue weighted by Crippen LogP contribution is -2.26. The number of aromatic nitrogens is 2. The summed E-state index contributed by atoms with van der Waals surface area (Å²) in [6.07, 6.45) is 4.51. The van der Waals surface area contributed by atoms with Crippen molar-refractivity contribution in [3.63, 3.8) is 0 Å². The van der Waals surface area contributed by atoms with Crippen molar-refractivity contribution in [3.05, 3.63) is 70.7 Å². The fraction of sp³-hybridized carbons (Fsp3) is 0.125. The van der Waals surface area contributed by atoms with Gasteiger partial charge in [0.15, 0.2) is 0 Å². The van der Waals surface area contributed by atoms with E-state index in [1.54, 1.807) is 6.07 Å². The van der Waals surface area contributed by atoms with E-state index in [1.165, 1.54) is 0 Å². The maximum absolute atomic E-state index is 12.1. The van der Waals surface area contributed by atoms with Crippen molar-refractivity contribution in [2.24, 2.45) is 0 Å². The Bertz CT molecular complexity index is 782. The zero-order chi connectivity index (χ0) is 14.7. The lowest BCUT2D eigenvalue weighted by atomic mass is 10.2. The van der Waals surface area contributed by atoms with E-state index in [4.69, 9.17) is 0 Å². The average molecular weight is 344 g/mol. The number of fused-ring (bicyclic) bond motifs is 1. The molecule has 5 heteroatoms. The van der Waals surface area contributed by atoms with E-state index in [2.05, 4.69) is 26.2 Å². The number of imidazole rings is 1. The Morgan fingerprint density at radius 2 is 2.00 bits per heavy atom. The summed E-state index contributed by atoms with van der Waals surface area (Å²) in [7, 11) is 0. The third-order valence-corrected chi connectivity index (χ3v) is 3.96. The predicted molar refractivity (Wildman–Crippen MR) is 85.4 cm³/mol. The molecule has 1 amide bonds. The molecule has 106 valence electrons. The van der Waals surface area contributed by atoms with E-state index in [0.29, 0.717) is 18.5 Å². The summed E-state index contributed by atoms with van der Waals surface area (Å²) in [6.45, 7) is 0.550. The van der Waals surface area contributed by atoms with Crippen molar-refractivity contribution in [3.8, 4) is 0 Å². The summed E-state index contributed by atoms with van der Waals surface area (Å²) in [5.74, 6) is 0.862. The zero-order valence-corrected chi connectivity index (χ0v) is 12.9. The van der Waals surface area contributed by atoms with Crippen LogP contribution in [0.25, 0.3) is 5.52 Å². The zero-order valence-electron chi connectivity index (χ0n) is 11.3. The van der Waals surface area contributed by atoms with Crippen LogP contribution in [0.5, 0.6) is 0 Å². The number of benzene rings is 1. The van der Waals surface area contributed by atoms with Gasteiger partial charge in [0.05, 0.1) is 17.3 Å². The van der Waals surface area contributed by atoms with Gasteiger partial charge in [-0.2, -0.15) is 0 Å². The summed E-state index contributed by atoms with van der Waals surface area (Å²) >= 11 is 3.38. The number of halogens is 1. The highest BCUT2D eigenvalue weighted by Crippen LogP contribution is 2.15. The molecule has 0 fully saturated rings. The number of hydrogen-bond acceptors (Lipinski definition) is 2. The van der Waals surface area contributed by atoms with E-state index in [1.807, 2.05) is 53.2 Å². The Morgan fingerprint density at radius 3 is 2.86 bits per heavy atom. The lowest BCUT2D eigenvalue weighted by Gasteiger charge is -2.06. The van der Waals surface area contributed by atoms with Crippen LogP contribution in [-0.2, 0) is 6.42 Å². The van der Waals surface area contributed by atoms with E-state index in [0.717, 1.165) is 15.8 Å². The van der Waals surface area contributed by atoms with Gasteiger partial charge in [-0.25, -0.2) is 4.98 Å². The van der Waals surface area contributed by atoms with Crippen LogP contribution in [0, 0.1) is 0 Å². The molecule has 1 N–H and O–H groups in total. The smallest absolute Gasteiger partial charge is 0.252 e. The number of pyridine rings is 1. The first kappa shape index (κ1) is 13.8. The monoisotopic (exact) mass is 343 g/mol. The number of hydrogen-bond donors (Lipinski definition) is 1. The normalized spacial score (nSPS) is 10.7. The van der Waals surface area contributed by atoms with Crippen LogP contribution in [0.15, 0.2) is 59.3 Å². The fourth-order valence-electron chi connectivity index (χ4n) is 2.21. The lowest BCUT2D eigenvalue weighted by molar-refractivity contribution is 0.0953. The van der Waals surface area contributed by atoms with E-state index in [-0.39, 0.29) is 5.91 Å². The second-order valence-corrected chi connectivity index (χ2v) is 5.51. The van der Waals surface area contributed by atoms with Crippen LogP contribution in [0.3, 0.4) is 0 Å². The number of nitrogens with one attached hydrogen (secondary N) is 1. The second kappa shape index (κ2) is 6.10. The van der Waals surface area contributed by atoms with E-state index < -0.39 is 0 Å². The number of carbonyl (C=O) groups is 1. The number of amides is 1.